The molecule has 0 saturated carbocycles. The topological polar surface area (TPSA) is 34.1 Å². The Balaban J connectivity index is 1.73. The Bertz CT molecular complexity index is 375. The van der Waals surface area contributed by atoms with Crippen molar-refractivity contribution in [1.82, 2.24) is 10.3 Å². The molecule has 18 heavy (non-hydrogen) atoms. The second-order valence-corrected chi connectivity index (χ2v) is 5.18. The van der Waals surface area contributed by atoms with Gasteiger partial charge < -0.3 is 10.1 Å². The number of thiazole rings is 1. The standard InChI is InChI=1S/C11H15F3N2OS/c12-11(13,14)7-17-5-3-10-16-9(6-18-10)8-2-1-4-15-8/h6,8,15H,1-5,7H2. The second kappa shape index (κ2) is 5.99. The van der Waals surface area contributed by atoms with Gasteiger partial charge in [-0.3, -0.25) is 0 Å². The van der Waals surface area contributed by atoms with E-state index < -0.39 is 12.8 Å². The highest BCUT2D eigenvalue weighted by atomic mass is 32.1. The third kappa shape index (κ3) is 4.22. The number of hydrogen-bond donors (Lipinski definition) is 1. The van der Waals surface area contributed by atoms with Gasteiger partial charge in [-0.05, 0) is 19.4 Å². The lowest BCUT2D eigenvalue weighted by Gasteiger charge is -2.06. The highest BCUT2D eigenvalue weighted by Crippen LogP contribution is 2.24. The van der Waals surface area contributed by atoms with Gasteiger partial charge in [0.25, 0.3) is 0 Å². The van der Waals surface area contributed by atoms with Crippen molar-refractivity contribution in [2.24, 2.45) is 0 Å². The molecule has 1 aliphatic heterocycles. The molecule has 102 valence electrons. The summed E-state index contributed by atoms with van der Waals surface area (Å²) in [4.78, 5) is 4.42. The van der Waals surface area contributed by atoms with E-state index in [4.69, 9.17) is 0 Å². The van der Waals surface area contributed by atoms with E-state index in [0.29, 0.717) is 12.5 Å². The minimum Gasteiger partial charge on any atom is -0.372 e. The maximum absolute atomic E-state index is 11.8. The first-order valence-electron chi connectivity index (χ1n) is 5.87. The number of hydrogen-bond acceptors (Lipinski definition) is 4. The van der Waals surface area contributed by atoms with Crippen molar-refractivity contribution in [3.8, 4) is 0 Å². The molecule has 0 aliphatic carbocycles. The van der Waals surface area contributed by atoms with E-state index in [9.17, 15) is 13.2 Å². The fourth-order valence-electron chi connectivity index (χ4n) is 1.88. The monoisotopic (exact) mass is 280 g/mol. The maximum Gasteiger partial charge on any atom is 0.411 e. The van der Waals surface area contributed by atoms with Gasteiger partial charge in [0, 0.05) is 11.8 Å². The van der Waals surface area contributed by atoms with Crippen LogP contribution in [0, 0.1) is 0 Å². The lowest BCUT2D eigenvalue weighted by atomic mass is 10.2. The van der Waals surface area contributed by atoms with Crippen molar-refractivity contribution in [1.29, 1.82) is 0 Å². The molecule has 7 heteroatoms. The zero-order valence-corrected chi connectivity index (χ0v) is 10.6. The van der Waals surface area contributed by atoms with Gasteiger partial charge in [-0.25, -0.2) is 4.98 Å². The van der Waals surface area contributed by atoms with E-state index >= 15 is 0 Å². The van der Waals surface area contributed by atoms with Crippen LogP contribution in [0.5, 0.6) is 0 Å². The minimum atomic E-state index is -4.25. The maximum atomic E-state index is 11.8. The van der Waals surface area contributed by atoms with Crippen LogP contribution < -0.4 is 5.32 Å². The zero-order chi connectivity index (χ0) is 13.0. The largest absolute Gasteiger partial charge is 0.411 e. The molecule has 2 rings (SSSR count). The lowest BCUT2D eigenvalue weighted by Crippen LogP contribution is -2.18. The van der Waals surface area contributed by atoms with Crippen molar-refractivity contribution in [3.63, 3.8) is 0 Å². The number of aromatic nitrogens is 1. The number of halogens is 3. The summed E-state index contributed by atoms with van der Waals surface area (Å²) in [6.45, 7) is -0.119. The van der Waals surface area contributed by atoms with Gasteiger partial charge in [0.05, 0.1) is 23.4 Å². The first kappa shape index (κ1) is 13.8. The molecule has 0 radical (unpaired) electrons. The van der Waals surface area contributed by atoms with Crippen LogP contribution >= 0.6 is 11.3 Å². The van der Waals surface area contributed by atoms with Gasteiger partial charge in [0.15, 0.2) is 0 Å². The zero-order valence-electron chi connectivity index (χ0n) is 9.79. The molecule has 0 bridgehead atoms. The van der Waals surface area contributed by atoms with E-state index in [1.165, 1.54) is 11.3 Å². The van der Waals surface area contributed by atoms with Gasteiger partial charge in [0.2, 0.25) is 0 Å². The van der Waals surface area contributed by atoms with Crippen LogP contribution in [0.3, 0.4) is 0 Å². The fourth-order valence-corrected chi connectivity index (χ4v) is 2.72. The number of nitrogens with one attached hydrogen (secondary N) is 1. The average molecular weight is 280 g/mol. The van der Waals surface area contributed by atoms with Gasteiger partial charge >= 0.3 is 6.18 Å². The molecule has 1 aromatic rings. The summed E-state index contributed by atoms with van der Waals surface area (Å²) >= 11 is 1.48. The van der Waals surface area contributed by atoms with Crippen LogP contribution in [-0.4, -0.2) is 30.9 Å². The fraction of sp³-hybridized carbons (Fsp3) is 0.727. The smallest absolute Gasteiger partial charge is 0.372 e. The Labute approximate surface area is 107 Å². The van der Waals surface area contributed by atoms with E-state index in [2.05, 4.69) is 15.0 Å². The molecule has 0 amide bonds. The molecule has 1 N–H and O–H groups in total. The number of alkyl halides is 3. The average Bonchev–Trinajstić information content (AvgIpc) is 2.93. The van der Waals surface area contributed by atoms with Crippen LogP contribution in [-0.2, 0) is 11.2 Å². The molecule has 1 saturated heterocycles. The molecule has 1 aliphatic rings. The van der Waals surface area contributed by atoms with E-state index in [0.717, 1.165) is 30.1 Å². The minimum absolute atomic E-state index is 0.0601. The molecule has 1 atom stereocenters. The molecule has 1 aromatic heterocycles. The molecule has 0 spiro atoms. The molecule has 1 unspecified atom stereocenters. The van der Waals surface area contributed by atoms with Gasteiger partial charge in [0.1, 0.15) is 6.61 Å². The quantitative estimate of drug-likeness (QED) is 0.842. The molecule has 3 nitrogen and oxygen atoms in total. The summed E-state index contributed by atoms with van der Waals surface area (Å²) in [5.41, 5.74) is 1.00. The number of ether oxygens (including phenoxy) is 1. The Morgan fingerprint density at radius 2 is 2.33 bits per heavy atom. The van der Waals surface area contributed by atoms with Crippen molar-refractivity contribution in [3.05, 3.63) is 16.1 Å². The van der Waals surface area contributed by atoms with Crippen molar-refractivity contribution < 1.29 is 17.9 Å². The predicted molar refractivity (Wildman–Crippen MR) is 62.7 cm³/mol. The second-order valence-electron chi connectivity index (χ2n) is 4.23. The lowest BCUT2D eigenvalue weighted by molar-refractivity contribution is -0.173. The Hall–Kier alpha value is -0.660. The van der Waals surface area contributed by atoms with Crippen LogP contribution in [0.1, 0.15) is 29.6 Å². The number of nitrogens with zero attached hydrogens (tertiary/aromatic N) is 1. The summed E-state index contributed by atoms with van der Waals surface area (Å²) < 4.78 is 40.1. The van der Waals surface area contributed by atoms with Gasteiger partial charge in [-0.2, -0.15) is 13.2 Å². The first-order valence-corrected chi connectivity index (χ1v) is 6.75. The highest BCUT2D eigenvalue weighted by Gasteiger charge is 2.27. The molecular weight excluding hydrogens is 265 g/mol. The van der Waals surface area contributed by atoms with Gasteiger partial charge in [-0.15, -0.1) is 11.3 Å². The highest BCUT2D eigenvalue weighted by molar-refractivity contribution is 7.09. The van der Waals surface area contributed by atoms with Gasteiger partial charge in [-0.1, -0.05) is 0 Å². The van der Waals surface area contributed by atoms with E-state index in [-0.39, 0.29) is 6.61 Å². The molecular formula is C11H15F3N2OS. The van der Waals surface area contributed by atoms with Crippen molar-refractivity contribution >= 4 is 11.3 Å². The Morgan fingerprint density at radius 3 is 3.00 bits per heavy atom. The summed E-state index contributed by atoms with van der Waals surface area (Å²) in [7, 11) is 0. The summed E-state index contributed by atoms with van der Waals surface area (Å²) in [5, 5.41) is 6.15. The van der Waals surface area contributed by atoms with Crippen LogP contribution in [0.2, 0.25) is 0 Å². The van der Waals surface area contributed by atoms with Crippen LogP contribution in [0.15, 0.2) is 5.38 Å². The number of rotatable bonds is 5. The predicted octanol–water partition coefficient (Wildman–Crippen LogP) is 2.69. The Morgan fingerprint density at radius 1 is 1.50 bits per heavy atom. The Kier molecular flexibility index (Phi) is 4.58. The molecule has 1 fully saturated rings. The van der Waals surface area contributed by atoms with E-state index in [1.54, 1.807) is 0 Å². The third-order valence-corrected chi connectivity index (χ3v) is 3.64. The normalized spacial score (nSPS) is 20.5. The van der Waals surface area contributed by atoms with Crippen molar-refractivity contribution in [2.45, 2.75) is 31.5 Å². The summed E-state index contributed by atoms with van der Waals surface area (Å²) in [6, 6.07) is 0.311. The SMILES string of the molecule is FC(F)(F)COCCc1nc(C2CCCN2)cs1. The van der Waals surface area contributed by atoms with E-state index in [1.807, 2.05) is 5.38 Å². The molecule has 2 heterocycles. The third-order valence-electron chi connectivity index (χ3n) is 2.71. The van der Waals surface area contributed by atoms with Crippen LogP contribution in [0.4, 0.5) is 13.2 Å². The van der Waals surface area contributed by atoms with Crippen molar-refractivity contribution in [2.75, 3.05) is 19.8 Å². The summed E-state index contributed by atoms with van der Waals surface area (Å²) in [5.74, 6) is 0. The van der Waals surface area contributed by atoms with Crippen LogP contribution in [0.25, 0.3) is 0 Å². The molecule has 0 aromatic carbocycles. The first-order chi connectivity index (χ1) is 8.54. The summed E-state index contributed by atoms with van der Waals surface area (Å²) in [6.07, 6.45) is -1.59.